The van der Waals surface area contributed by atoms with Crippen molar-refractivity contribution in [1.82, 2.24) is 19.5 Å². The molecule has 33 heavy (non-hydrogen) atoms. The van der Waals surface area contributed by atoms with Gasteiger partial charge in [0.15, 0.2) is 34.7 Å². The Balaban J connectivity index is 1.64. The average Bonchev–Trinajstić information content (AvgIpc) is 3.38. The first kappa shape index (κ1) is 22.8. The summed E-state index contributed by atoms with van der Waals surface area (Å²) < 4.78 is 23.1. The third-order valence-electron chi connectivity index (χ3n) is 5.49. The lowest BCUT2D eigenvalue weighted by Crippen LogP contribution is -2.33. The van der Waals surface area contributed by atoms with Gasteiger partial charge in [-0.25, -0.2) is 15.0 Å². The molecule has 5 N–H and O–H groups in total. The molecule has 3 heterocycles. The van der Waals surface area contributed by atoms with Crippen LogP contribution in [0.25, 0.3) is 11.2 Å². The highest BCUT2D eigenvalue weighted by Crippen LogP contribution is 2.45. The van der Waals surface area contributed by atoms with Gasteiger partial charge in [0.2, 0.25) is 5.75 Å². The lowest BCUT2D eigenvalue weighted by atomic mass is 10.1. The maximum atomic E-state index is 10.5. The van der Waals surface area contributed by atoms with Crippen LogP contribution >= 0.6 is 0 Å². The highest BCUT2D eigenvalue weighted by molar-refractivity contribution is 5.82. The van der Waals surface area contributed by atoms with Gasteiger partial charge in [-0.2, -0.15) is 0 Å². The number of methoxy groups -OCH3 is 3. The van der Waals surface area contributed by atoms with Crippen molar-refractivity contribution < 1.29 is 39.4 Å². The van der Waals surface area contributed by atoms with Crippen LogP contribution in [-0.2, 0) is 11.3 Å². The first-order valence-corrected chi connectivity index (χ1v) is 9.99. The van der Waals surface area contributed by atoms with E-state index < -0.39 is 31.1 Å². The zero-order valence-corrected chi connectivity index (χ0v) is 18.2. The fourth-order valence-electron chi connectivity index (χ4n) is 3.82. The Hall–Kier alpha value is -3.39. The SMILES string of the molecule is COc1cc(O)c(CNc2ncnc3c2ncn3[C@@H]2O[C@H](CO)[C@@H](O)[C@H]2O)c(OC)c1OC. The first-order valence-electron chi connectivity index (χ1n) is 9.99. The van der Waals surface area contributed by atoms with Crippen LogP contribution in [0.4, 0.5) is 5.82 Å². The summed E-state index contributed by atoms with van der Waals surface area (Å²) in [5.74, 6) is 1.22. The molecular formula is C20H25N5O8. The number of phenolic OH excluding ortho intramolecular Hbond substituents is 1. The minimum Gasteiger partial charge on any atom is -0.507 e. The number of nitrogens with zero attached hydrogens (tertiary/aromatic N) is 4. The number of aliphatic hydroxyl groups is 3. The van der Waals surface area contributed by atoms with Gasteiger partial charge in [-0.3, -0.25) is 4.57 Å². The van der Waals surface area contributed by atoms with E-state index in [1.807, 2.05) is 0 Å². The Morgan fingerprint density at radius 3 is 2.45 bits per heavy atom. The molecule has 0 aliphatic carbocycles. The molecule has 178 valence electrons. The van der Waals surface area contributed by atoms with Gasteiger partial charge >= 0.3 is 0 Å². The number of hydrogen-bond acceptors (Lipinski definition) is 12. The van der Waals surface area contributed by atoms with E-state index in [1.54, 1.807) is 0 Å². The number of aromatic nitrogens is 4. The quantitative estimate of drug-likeness (QED) is 0.298. The smallest absolute Gasteiger partial charge is 0.203 e. The summed E-state index contributed by atoms with van der Waals surface area (Å²) in [5.41, 5.74) is 1.12. The van der Waals surface area contributed by atoms with Crippen LogP contribution in [0.3, 0.4) is 0 Å². The third kappa shape index (κ3) is 3.84. The number of anilines is 1. The summed E-state index contributed by atoms with van der Waals surface area (Å²) >= 11 is 0. The molecule has 13 nitrogen and oxygen atoms in total. The van der Waals surface area contributed by atoms with Gasteiger partial charge in [0.05, 0.1) is 39.8 Å². The van der Waals surface area contributed by atoms with Gasteiger partial charge in [0.1, 0.15) is 30.4 Å². The molecule has 0 spiro atoms. The molecule has 3 aromatic rings. The normalized spacial score (nSPS) is 22.5. The molecular weight excluding hydrogens is 438 g/mol. The molecule has 0 bridgehead atoms. The number of benzene rings is 1. The van der Waals surface area contributed by atoms with Crippen molar-refractivity contribution in [1.29, 1.82) is 0 Å². The first-order chi connectivity index (χ1) is 15.9. The van der Waals surface area contributed by atoms with Crippen molar-refractivity contribution in [2.45, 2.75) is 31.1 Å². The van der Waals surface area contributed by atoms with Gasteiger partial charge in [-0.1, -0.05) is 0 Å². The Labute approximate surface area is 188 Å². The highest BCUT2D eigenvalue weighted by atomic mass is 16.6. The van der Waals surface area contributed by atoms with Crippen LogP contribution in [0.1, 0.15) is 11.8 Å². The molecule has 13 heteroatoms. The Kier molecular flexibility index (Phi) is 6.37. The fraction of sp³-hybridized carbons (Fsp3) is 0.450. The standard InChI is InChI=1S/C20H25N5O8/c1-30-11-4-10(27)9(16(31-2)17(11)32-3)5-21-18-13-19(23-7-22-18)25(8-24-13)20-15(29)14(28)12(6-26)33-20/h4,7-8,12,14-15,20,26-29H,5-6H2,1-3H3,(H,21,22,23)/t12-,14-,15-,20-/m1/s1. The molecule has 4 atom stereocenters. The van der Waals surface area contributed by atoms with E-state index in [0.29, 0.717) is 39.8 Å². The van der Waals surface area contributed by atoms with Gasteiger partial charge in [-0.15, -0.1) is 0 Å². The predicted octanol–water partition coefficient (Wildman–Crippen LogP) is -0.219. The number of imidazole rings is 1. The van der Waals surface area contributed by atoms with Crippen LogP contribution in [0, 0.1) is 0 Å². The number of aromatic hydroxyl groups is 1. The van der Waals surface area contributed by atoms with E-state index in [1.165, 1.54) is 44.6 Å². The summed E-state index contributed by atoms with van der Waals surface area (Å²) in [4.78, 5) is 12.7. The van der Waals surface area contributed by atoms with E-state index in [-0.39, 0.29) is 12.3 Å². The van der Waals surface area contributed by atoms with Crippen molar-refractivity contribution in [2.75, 3.05) is 33.3 Å². The summed E-state index contributed by atoms with van der Waals surface area (Å²) in [6.07, 6.45) is -1.74. The van der Waals surface area contributed by atoms with Gasteiger partial charge < -0.3 is 44.7 Å². The van der Waals surface area contributed by atoms with E-state index in [2.05, 4.69) is 20.3 Å². The van der Waals surface area contributed by atoms with E-state index in [4.69, 9.17) is 18.9 Å². The molecule has 1 aromatic carbocycles. The summed E-state index contributed by atoms with van der Waals surface area (Å²) in [6.45, 7) is -0.345. The molecule has 0 saturated carbocycles. The second kappa shape index (κ2) is 9.23. The summed E-state index contributed by atoms with van der Waals surface area (Å²) in [6, 6.07) is 1.42. The molecule has 1 aliphatic heterocycles. The minimum atomic E-state index is -1.28. The molecule has 1 saturated heterocycles. The minimum absolute atomic E-state index is 0.0701. The maximum Gasteiger partial charge on any atom is 0.203 e. The fourth-order valence-corrected chi connectivity index (χ4v) is 3.82. The molecule has 1 aliphatic rings. The lowest BCUT2D eigenvalue weighted by Gasteiger charge is -2.18. The van der Waals surface area contributed by atoms with Crippen LogP contribution in [0.15, 0.2) is 18.7 Å². The van der Waals surface area contributed by atoms with Crippen molar-refractivity contribution in [3.63, 3.8) is 0 Å². The summed E-state index contributed by atoms with van der Waals surface area (Å²) in [7, 11) is 4.37. The second-order valence-corrected chi connectivity index (χ2v) is 7.27. The Morgan fingerprint density at radius 2 is 1.82 bits per heavy atom. The third-order valence-corrected chi connectivity index (χ3v) is 5.49. The number of rotatable bonds is 8. The van der Waals surface area contributed by atoms with Crippen molar-refractivity contribution in [2.24, 2.45) is 0 Å². The second-order valence-electron chi connectivity index (χ2n) is 7.27. The zero-order valence-electron chi connectivity index (χ0n) is 18.2. The topological polar surface area (TPSA) is 173 Å². The van der Waals surface area contributed by atoms with Crippen molar-refractivity contribution in [3.8, 4) is 23.0 Å². The van der Waals surface area contributed by atoms with Crippen LogP contribution in [0.2, 0.25) is 0 Å². The maximum absolute atomic E-state index is 10.5. The monoisotopic (exact) mass is 463 g/mol. The number of aliphatic hydroxyl groups excluding tert-OH is 3. The van der Waals surface area contributed by atoms with Crippen LogP contribution in [-0.4, -0.2) is 86.2 Å². The molecule has 1 fully saturated rings. The number of nitrogens with one attached hydrogen (secondary N) is 1. The van der Waals surface area contributed by atoms with Crippen molar-refractivity contribution in [3.05, 3.63) is 24.3 Å². The number of phenols is 1. The molecule has 0 radical (unpaired) electrons. The van der Waals surface area contributed by atoms with Crippen LogP contribution < -0.4 is 19.5 Å². The molecule has 4 rings (SSSR count). The number of fused-ring (bicyclic) bond motifs is 1. The highest BCUT2D eigenvalue weighted by Gasteiger charge is 2.44. The summed E-state index contributed by atoms with van der Waals surface area (Å²) in [5, 5.41) is 43.3. The number of hydrogen-bond donors (Lipinski definition) is 5. The predicted molar refractivity (Wildman–Crippen MR) is 113 cm³/mol. The average molecular weight is 463 g/mol. The van der Waals surface area contributed by atoms with E-state index in [0.717, 1.165) is 0 Å². The lowest BCUT2D eigenvalue weighted by molar-refractivity contribution is -0.0511. The molecule has 0 amide bonds. The number of ether oxygens (including phenoxy) is 4. The van der Waals surface area contributed by atoms with Gasteiger partial charge in [0.25, 0.3) is 0 Å². The van der Waals surface area contributed by atoms with E-state index in [9.17, 15) is 20.4 Å². The Bertz CT molecular complexity index is 1140. The molecule has 2 aromatic heterocycles. The van der Waals surface area contributed by atoms with Gasteiger partial charge in [0, 0.05) is 12.6 Å². The zero-order chi connectivity index (χ0) is 23.7. The van der Waals surface area contributed by atoms with Gasteiger partial charge in [-0.05, 0) is 0 Å². The van der Waals surface area contributed by atoms with Crippen molar-refractivity contribution >= 4 is 17.0 Å². The molecule has 0 unspecified atom stereocenters. The van der Waals surface area contributed by atoms with Crippen LogP contribution in [0.5, 0.6) is 23.0 Å². The largest absolute Gasteiger partial charge is 0.507 e. The Morgan fingerprint density at radius 1 is 1.06 bits per heavy atom. The van der Waals surface area contributed by atoms with E-state index >= 15 is 0 Å².